The third kappa shape index (κ3) is 3.25. The Balaban J connectivity index is 1.94. The summed E-state index contributed by atoms with van der Waals surface area (Å²) in [7, 11) is 0. The molecular formula is C17H15BrN2S. The van der Waals surface area contributed by atoms with Gasteiger partial charge in [0.15, 0.2) is 0 Å². The largest absolute Gasteiger partial charge is 0.240 e. The van der Waals surface area contributed by atoms with Gasteiger partial charge in [-0.1, -0.05) is 35.0 Å². The number of hydrogen-bond donors (Lipinski definition) is 0. The zero-order valence-corrected chi connectivity index (χ0v) is 14.2. The van der Waals surface area contributed by atoms with Gasteiger partial charge in [0.1, 0.15) is 11.1 Å². The van der Waals surface area contributed by atoms with E-state index in [1.807, 2.05) is 30.3 Å². The van der Waals surface area contributed by atoms with Crippen molar-refractivity contribution in [3.63, 3.8) is 0 Å². The number of benzene rings is 1. The number of aryl methyl sites for hydroxylation is 1. The minimum Gasteiger partial charge on any atom is -0.240 e. The Morgan fingerprint density at radius 2 is 2.19 bits per heavy atom. The molecule has 1 aromatic heterocycles. The summed E-state index contributed by atoms with van der Waals surface area (Å²) >= 11 is 5.10. The van der Waals surface area contributed by atoms with Crippen molar-refractivity contribution in [2.24, 2.45) is 5.92 Å². The fourth-order valence-electron chi connectivity index (χ4n) is 2.52. The Hall–Kier alpha value is -1.44. The van der Waals surface area contributed by atoms with Crippen LogP contribution in [0.3, 0.4) is 0 Å². The van der Waals surface area contributed by atoms with E-state index in [4.69, 9.17) is 0 Å². The van der Waals surface area contributed by atoms with Crippen molar-refractivity contribution in [2.45, 2.75) is 26.2 Å². The quantitative estimate of drug-likeness (QED) is 0.700. The molecule has 1 aliphatic rings. The molecule has 0 N–H and O–H groups in total. The van der Waals surface area contributed by atoms with E-state index < -0.39 is 0 Å². The van der Waals surface area contributed by atoms with E-state index in [2.05, 4.69) is 33.9 Å². The molecule has 2 aromatic rings. The third-order valence-corrected chi connectivity index (χ3v) is 5.40. The van der Waals surface area contributed by atoms with E-state index >= 15 is 0 Å². The first-order chi connectivity index (χ1) is 10.2. The van der Waals surface area contributed by atoms with Gasteiger partial charge < -0.3 is 0 Å². The SMILES string of the molecule is CC1CCc2nc(C(C#N)=Cc3ccc(Br)cc3)sc2C1. The monoisotopic (exact) mass is 358 g/mol. The molecule has 1 atom stereocenters. The molecule has 0 amide bonds. The van der Waals surface area contributed by atoms with Gasteiger partial charge in [0.05, 0.1) is 11.3 Å². The number of allylic oxidation sites excluding steroid dienone is 1. The Labute approximate surface area is 137 Å². The second kappa shape index (κ2) is 6.13. The third-order valence-electron chi connectivity index (χ3n) is 3.72. The molecule has 0 bridgehead atoms. The Bertz CT molecular complexity index is 722. The molecule has 21 heavy (non-hydrogen) atoms. The predicted octanol–water partition coefficient (Wildman–Crippen LogP) is 5.09. The van der Waals surface area contributed by atoms with Gasteiger partial charge in [0, 0.05) is 9.35 Å². The predicted molar refractivity (Wildman–Crippen MR) is 90.9 cm³/mol. The van der Waals surface area contributed by atoms with Gasteiger partial charge in [-0.3, -0.25) is 0 Å². The van der Waals surface area contributed by atoms with Crippen molar-refractivity contribution < 1.29 is 0 Å². The summed E-state index contributed by atoms with van der Waals surface area (Å²) in [6.07, 6.45) is 5.27. The van der Waals surface area contributed by atoms with Gasteiger partial charge in [-0.2, -0.15) is 5.26 Å². The lowest BCUT2D eigenvalue weighted by molar-refractivity contribution is 0.502. The van der Waals surface area contributed by atoms with Crippen molar-refractivity contribution in [1.82, 2.24) is 4.98 Å². The maximum atomic E-state index is 9.45. The number of fused-ring (bicyclic) bond motifs is 1. The fourth-order valence-corrected chi connectivity index (χ4v) is 4.02. The van der Waals surface area contributed by atoms with Crippen LogP contribution < -0.4 is 0 Å². The van der Waals surface area contributed by atoms with E-state index in [9.17, 15) is 5.26 Å². The molecule has 0 saturated heterocycles. The molecule has 0 saturated carbocycles. The van der Waals surface area contributed by atoms with Gasteiger partial charge in [-0.05, 0) is 49.0 Å². The van der Waals surface area contributed by atoms with Crippen molar-refractivity contribution in [3.8, 4) is 6.07 Å². The van der Waals surface area contributed by atoms with Gasteiger partial charge in [0.25, 0.3) is 0 Å². The molecule has 1 aliphatic carbocycles. The zero-order chi connectivity index (χ0) is 14.8. The maximum Gasteiger partial charge on any atom is 0.134 e. The summed E-state index contributed by atoms with van der Waals surface area (Å²) in [6.45, 7) is 2.28. The van der Waals surface area contributed by atoms with Crippen LogP contribution in [-0.4, -0.2) is 4.98 Å². The maximum absolute atomic E-state index is 9.45. The number of aromatic nitrogens is 1. The molecule has 2 nitrogen and oxygen atoms in total. The van der Waals surface area contributed by atoms with Crippen LogP contribution in [0.2, 0.25) is 0 Å². The highest BCUT2D eigenvalue weighted by atomic mass is 79.9. The summed E-state index contributed by atoms with van der Waals surface area (Å²) in [5, 5.41) is 10.3. The lowest BCUT2D eigenvalue weighted by Gasteiger charge is -2.15. The van der Waals surface area contributed by atoms with Crippen LogP contribution in [-0.2, 0) is 12.8 Å². The average molecular weight is 359 g/mol. The highest BCUT2D eigenvalue weighted by Crippen LogP contribution is 2.33. The standard InChI is InChI=1S/C17H15BrN2S/c1-11-2-7-15-16(8-11)21-17(20-15)13(10-19)9-12-3-5-14(18)6-4-12/h3-6,9,11H,2,7-8H2,1H3. The van der Waals surface area contributed by atoms with E-state index in [1.165, 1.54) is 17.0 Å². The van der Waals surface area contributed by atoms with E-state index in [0.29, 0.717) is 5.57 Å². The smallest absolute Gasteiger partial charge is 0.134 e. The minimum atomic E-state index is 0.657. The van der Waals surface area contributed by atoms with Crippen LogP contribution in [0.5, 0.6) is 0 Å². The lowest BCUT2D eigenvalue weighted by Crippen LogP contribution is -2.09. The molecule has 3 rings (SSSR count). The highest BCUT2D eigenvalue weighted by Gasteiger charge is 2.20. The second-order valence-corrected chi connectivity index (χ2v) is 7.46. The average Bonchev–Trinajstić information content (AvgIpc) is 2.89. The molecular weight excluding hydrogens is 344 g/mol. The van der Waals surface area contributed by atoms with Crippen LogP contribution in [0.15, 0.2) is 28.7 Å². The van der Waals surface area contributed by atoms with Crippen molar-refractivity contribution >= 4 is 38.9 Å². The number of nitrogens with zero attached hydrogens (tertiary/aromatic N) is 2. The molecule has 1 unspecified atom stereocenters. The summed E-state index contributed by atoms with van der Waals surface area (Å²) in [5.41, 5.74) is 2.88. The fraction of sp³-hybridized carbons (Fsp3) is 0.294. The molecule has 106 valence electrons. The lowest BCUT2D eigenvalue weighted by atomic mass is 9.93. The first-order valence-corrected chi connectivity index (χ1v) is 8.63. The van der Waals surface area contributed by atoms with Gasteiger partial charge in [-0.25, -0.2) is 4.98 Å². The summed E-state index contributed by atoms with van der Waals surface area (Å²) < 4.78 is 1.04. The topological polar surface area (TPSA) is 36.7 Å². The number of halogens is 1. The van der Waals surface area contributed by atoms with Crippen molar-refractivity contribution in [3.05, 3.63) is 49.9 Å². The van der Waals surface area contributed by atoms with Gasteiger partial charge >= 0.3 is 0 Å². The number of thiazole rings is 1. The normalized spacial score (nSPS) is 18.1. The molecule has 0 spiro atoms. The number of nitriles is 1. The van der Waals surface area contributed by atoms with Gasteiger partial charge in [0.2, 0.25) is 0 Å². The first kappa shape index (κ1) is 14.5. The van der Waals surface area contributed by atoms with E-state index in [0.717, 1.165) is 33.8 Å². The number of rotatable bonds is 2. The van der Waals surface area contributed by atoms with Crippen LogP contribution in [0.1, 0.15) is 34.5 Å². The summed E-state index contributed by atoms with van der Waals surface area (Å²) in [4.78, 5) is 6.05. The van der Waals surface area contributed by atoms with Crippen molar-refractivity contribution in [1.29, 1.82) is 5.26 Å². The summed E-state index contributed by atoms with van der Waals surface area (Å²) in [6, 6.07) is 10.3. The molecule has 0 aliphatic heterocycles. The highest BCUT2D eigenvalue weighted by molar-refractivity contribution is 9.10. The van der Waals surface area contributed by atoms with Crippen LogP contribution in [0, 0.1) is 17.2 Å². The van der Waals surface area contributed by atoms with Crippen LogP contribution >= 0.6 is 27.3 Å². The molecule has 0 radical (unpaired) electrons. The Morgan fingerprint density at radius 1 is 1.43 bits per heavy atom. The Kier molecular flexibility index (Phi) is 4.23. The molecule has 1 aromatic carbocycles. The van der Waals surface area contributed by atoms with E-state index in [-0.39, 0.29) is 0 Å². The Morgan fingerprint density at radius 3 is 2.90 bits per heavy atom. The van der Waals surface area contributed by atoms with Gasteiger partial charge in [-0.15, -0.1) is 11.3 Å². The van der Waals surface area contributed by atoms with E-state index in [1.54, 1.807) is 11.3 Å². The molecule has 1 heterocycles. The van der Waals surface area contributed by atoms with Crippen molar-refractivity contribution in [2.75, 3.05) is 0 Å². The molecule has 4 heteroatoms. The zero-order valence-electron chi connectivity index (χ0n) is 11.8. The van der Waals surface area contributed by atoms with Crippen LogP contribution in [0.4, 0.5) is 0 Å². The second-order valence-electron chi connectivity index (χ2n) is 5.46. The van der Waals surface area contributed by atoms with Crippen LogP contribution in [0.25, 0.3) is 11.6 Å². The number of hydrogen-bond acceptors (Lipinski definition) is 3. The summed E-state index contributed by atoms with van der Waals surface area (Å²) in [5.74, 6) is 0.729. The first-order valence-electron chi connectivity index (χ1n) is 7.02. The molecule has 0 fully saturated rings. The minimum absolute atomic E-state index is 0.657.